The van der Waals surface area contributed by atoms with Crippen LogP contribution in [0.15, 0.2) is 36.4 Å². The predicted molar refractivity (Wildman–Crippen MR) is 81.0 cm³/mol. The Hall–Kier alpha value is -1.55. The lowest BCUT2D eigenvalue weighted by molar-refractivity contribution is 0.357. The van der Waals surface area contributed by atoms with Crippen LogP contribution in [0, 0.1) is 6.92 Å². The third-order valence-electron chi connectivity index (χ3n) is 3.68. The molecule has 20 heavy (non-hydrogen) atoms. The van der Waals surface area contributed by atoms with Crippen LogP contribution >= 0.6 is 11.6 Å². The van der Waals surface area contributed by atoms with Gasteiger partial charge in [-0.3, -0.25) is 5.84 Å². The fourth-order valence-corrected chi connectivity index (χ4v) is 2.96. The van der Waals surface area contributed by atoms with Gasteiger partial charge in [0.05, 0.1) is 12.6 Å². The van der Waals surface area contributed by atoms with Crippen LogP contribution in [0.25, 0.3) is 0 Å². The SMILES string of the molecule is Cc1ccc(C(NN)c2ccc3c(c2)CCO3)c(Cl)c1. The topological polar surface area (TPSA) is 47.3 Å². The lowest BCUT2D eigenvalue weighted by Crippen LogP contribution is -2.29. The molecule has 1 unspecified atom stereocenters. The van der Waals surface area contributed by atoms with Crippen molar-refractivity contribution in [3.63, 3.8) is 0 Å². The number of hydrazine groups is 1. The highest BCUT2D eigenvalue weighted by Crippen LogP contribution is 2.33. The van der Waals surface area contributed by atoms with E-state index in [2.05, 4.69) is 11.5 Å². The van der Waals surface area contributed by atoms with Crippen molar-refractivity contribution >= 4 is 11.6 Å². The molecule has 0 saturated heterocycles. The Morgan fingerprint density at radius 2 is 2.10 bits per heavy atom. The molecule has 3 rings (SSSR count). The van der Waals surface area contributed by atoms with Gasteiger partial charge in [-0.1, -0.05) is 35.9 Å². The van der Waals surface area contributed by atoms with E-state index in [1.807, 2.05) is 37.3 Å². The summed E-state index contributed by atoms with van der Waals surface area (Å²) in [6.07, 6.45) is 0.947. The van der Waals surface area contributed by atoms with E-state index in [4.69, 9.17) is 22.2 Å². The van der Waals surface area contributed by atoms with Crippen LogP contribution in [0.3, 0.4) is 0 Å². The number of nitrogens with one attached hydrogen (secondary N) is 1. The first-order valence-electron chi connectivity index (χ1n) is 6.67. The molecule has 0 aliphatic carbocycles. The zero-order valence-corrected chi connectivity index (χ0v) is 12.1. The highest BCUT2D eigenvalue weighted by molar-refractivity contribution is 6.31. The maximum Gasteiger partial charge on any atom is 0.122 e. The number of rotatable bonds is 3. The quantitative estimate of drug-likeness (QED) is 0.674. The maximum atomic E-state index is 6.35. The van der Waals surface area contributed by atoms with Gasteiger partial charge in [-0.2, -0.15) is 0 Å². The Labute approximate surface area is 123 Å². The molecule has 0 aromatic heterocycles. The van der Waals surface area contributed by atoms with E-state index in [1.54, 1.807) is 0 Å². The first-order chi connectivity index (χ1) is 9.69. The van der Waals surface area contributed by atoms with E-state index in [9.17, 15) is 0 Å². The molecule has 1 atom stereocenters. The lowest BCUT2D eigenvalue weighted by Gasteiger charge is -2.19. The summed E-state index contributed by atoms with van der Waals surface area (Å²) in [4.78, 5) is 0. The first-order valence-corrected chi connectivity index (χ1v) is 7.04. The van der Waals surface area contributed by atoms with Gasteiger partial charge >= 0.3 is 0 Å². The van der Waals surface area contributed by atoms with E-state index >= 15 is 0 Å². The summed E-state index contributed by atoms with van der Waals surface area (Å²) in [6.45, 7) is 2.78. The highest BCUT2D eigenvalue weighted by Gasteiger charge is 2.19. The molecule has 0 amide bonds. The second-order valence-electron chi connectivity index (χ2n) is 5.09. The number of aryl methyl sites for hydroxylation is 1. The Morgan fingerprint density at radius 3 is 2.85 bits per heavy atom. The van der Waals surface area contributed by atoms with E-state index in [-0.39, 0.29) is 6.04 Å². The molecule has 0 radical (unpaired) electrons. The van der Waals surface area contributed by atoms with Crippen molar-refractivity contribution in [1.29, 1.82) is 0 Å². The predicted octanol–water partition coefficient (Wildman–Crippen LogP) is 3.14. The fraction of sp³-hybridized carbons (Fsp3) is 0.250. The number of hydrogen-bond acceptors (Lipinski definition) is 3. The molecule has 0 fully saturated rings. The standard InChI is InChI=1S/C16H17ClN2O/c1-10-2-4-13(14(17)8-10)16(19-18)12-3-5-15-11(9-12)6-7-20-15/h2-5,8-9,16,19H,6-7,18H2,1H3. The number of fused-ring (bicyclic) bond motifs is 1. The van der Waals surface area contributed by atoms with Gasteiger partial charge in [0.15, 0.2) is 0 Å². The molecule has 1 aliphatic rings. The minimum absolute atomic E-state index is 0.117. The summed E-state index contributed by atoms with van der Waals surface area (Å²) >= 11 is 6.35. The molecule has 0 saturated carbocycles. The zero-order valence-electron chi connectivity index (χ0n) is 11.3. The smallest absolute Gasteiger partial charge is 0.122 e. The first kappa shape index (κ1) is 13.4. The van der Waals surface area contributed by atoms with Crippen LogP contribution in [0.2, 0.25) is 5.02 Å². The van der Waals surface area contributed by atoms with Crippen LogP contribution in [0.5, 0.6) is 5.75 Å². The summed E-state index contributed by atoms with van der Waals surface area (Å²) < 4.78 is 5.53. The average Bonchev–Trinajstić information content (AvgIpc) is 2.89. The third kappa shape index (κ3) is 2.40. The molecule has 0 bridgehead atoms. The largest absolute Gasteiger partial charge is 0.493 e. The van der Waals surface area contributed by atoms with Gasteiger partial charge in [-0.15, -0.1) is 0 Å². The molecule has 1 heterocycles. The summed E-state index contributed by atoms with van der Waals surface area (Å²) in [5.41, 5.74) is 7.31. The van der Waals surface area contributed by atoms with Crippen molar-refractivity contribution in [3.05, 3.63) is 63.7 Å². The summed E-state index contributed by atoms with van der Waals surface area (Å²) in [6, 6.07) is 12.1. The molecule has 1 aliphatic heterocycles. The number of hydrogen-bond donors (Lipinski definition) is 2. The van der Waals surface area contributed by atoms with Crippen molar-refractivity contribution in [2.45, 2.75) is 19.4 Å². The molecular formula is C16H17ClN2O. The molecule has 3 nitrogen and oxygen atoms in total. The monoisotopic (exact) mass is 288 g/mol. The minimum atomic E-state index is -0.117. The van der Waals surface area contributed by atoms with Crippen LogP contribution in [0.4, 0.5) is 0 Å². The van der Waals surface area contributed by atoms with Crippen molar-refractivity contribution < 1.29 is 4.74 Å². The van der Waals surface area contributed by atoms with Crippen LogP contribution in [-0.4, -0.2) is 6.61 Å². The Morgan fingerprint density at radius 1 is 1.25 bits per heavy atom. The summed E-state index contributed by atoms with van der Waals surface area (Å²) in [7, 11) is 0. The van der Waals surface area contributed by atoms with Crippen LogP contribution in [0.1, 0.15) is 28.3 Å². The highest BCUT2D eigenvalue weighted by atomic mass is 35.5. The Balaban J connectivity index is 2.01. The van der Waals surface area contributed by atoms with E-state index in [1.165, 1.54) is 5.56 Å². The van der Waals surface area contributed by atoms with Gasteiger partial charge < -0.3 is 4.74 Å². The minimum Gasteiger partial charge on any atom is -0.493 e. The molecule has 2 aromatic carbocycles. The molecule has 0 spiro atoms. The molecular weight excluding hydrogens is 272 g/mol. The second-order valence-corrected chi connectivity index (χ2v) is 5.50. The maximum absolute atomic E-state index is 6.35. The summed E-state index contributed by atoms with van der Waals surface area (Å²) in [5, 5.41) is 0.727. The van der Waals surface area contributed by atoms with Gasteiger partial charge in [0.1, 0.15) is 5.75 Å². The van der Waals surface area contributed by atoms with Gasteiger partial charge in [0.2, 0.25) is 0 Å². The second kappa shape index (κ2) is 5.44. The summed E-state index contributed by atoms with van der Waals surface area (Å²) in [5.74, 6) is 6.72. The number of ether oxygens (including phenoxy) is 1. The van der Waals surface area contributed by atoms with Crippen LogP contribution < -0.4 is 16.0 Å². The van der Waals surface area contributed by atoms with Gasteiger partial charge in [-0.05, 0) is 41.3 Å². The zero-order chi connectivity index (χ0) is 14.1. The number of halogens is 1. The molecule has 104 valence electrons. The normalized spacial score (nSPS) is 14.8. The van der Waals surface area contributed by atoms with Crippen LogP contribution in [-0.2, 0) is 6.42 Å². The lowest BCUT2D eigenvalue weighted by atomic mass is 9.96. The van der Waals surface area contributed by atoms with Gasteiger partial charge in [0, 0.05) is 11.4 Å². The van der Waals surface area contributed by atoms with Crippen molar-refractivity contribution in [2.75, 3.05) is 6.61 Å². The van der Waals surface area contributed by atoms with Crippen molar-refractivity contribution in [3.8, 4) is 5.75 Å². The molecule has 4 heteroatoms. The van der Waals surface area contributed by atoms with E-state index in [0.717, 1.165) is 40.5 Å². The Kier molecular flexibility index (Phi) is 3.66. The number of benzene rings is 2. The number of nitrogens with two attached hydrogens (primary N) is 1. The van der Waals surface area contributed by atoms with E-state index < -0.39 is 0 Å². The Bertz CT molecular complexity index is 642. The van der Waals surface area contributed by atoms with Gasteiger partial charge in [0.25, 0.3) is 0 Å². The van der Waals surface area contributed by atoms with Gasteiger partial charge in [-0.25, -0.2) is 5.43 Å². The third-order valence-corrected chi connectivity index (χ3v) is 4.01. The fourth-order valence-electron chi connectivity index (χ4n) is 2.62. The molecule has 3 N–H and O–H groups in total. The van der Waals surface area contributed by atoms with Crippen molar-refractivity contribution in [2.24, 2.45) is 5.84 Å². The van der Waals surface area contributed by atoms with Crippen molar-refractivity contribution in [1.82, 2.24) is 5.43 Å². The van der Waals surface area contributed by atoms with E-state index in [0.29, 0.717) is 0 Å². The molecule has 2 aromatic rings. The average molecular weight is 289 g/mol.